The van der Waals surface area contributed by atoms with Gasteiger partial charge in [-0.3, -0.25) is 0 Å². The van der Waals surface area contributed by atoms with E-state index >= 15 is 0 Å². The minimum atomic E-state index is -0.978. The smallest absolute Gasteiger partial charge is 0.132 e. The van der Waals surface area contributed by atoms with Crippen LogP contribution < -0.4 is 4.90 Å². The summed E-state index contributed by atoms with van der Waals surface area (Å²) in [6, 6.07) is 2.02. The SMILES string of the molecule is CC(C)Cc1cc(N2CCCC(O)(c3cn[nH]n3)C2)ncn1. The van der Waals surface area contributed by atoms with Gasteiger partial charge in [0.1, 0.15) is 23.4 Å². The summed E-state index contributed by atoms with van der Waals surface area (Å²) >= 11 is 0. The molecule has 0 radical (unpaired) electrons. The molecule has 0 bridgehead atoms. The number of nitrogens with one attached hydrogen (secondary N) is 1. The van der Waals surface area contributed by atoms with Gasteiger partial charge in [-0.05, 0) is 25.2 Å². The summed E-state index contributed by atoms with van der Waals surface area (Å²) in [7, 11) is 0. The highest BCUT2D eigenvalue weighted by Gasteiger charge is 2.37. The van der Waals surface area contributed by atoms with Crippen molar-refractivity contribution in [1.82, 2.24) is 25.4 Å². The first kappa shape index (κ1) is 14.9. The Kier molecular flexibility index (Phi) is 4.06. The average molecular weight is 302 g/mol. The van der Waals surface area contributed by atoms with Gasteiger partial charge in [0.15, 0.2) is 0 Å². The number of hydrogen-bond donors (Lipinski definition) is 2. The van der Waals surface area contributed by atoms with Gasteiger partial charge in [-0.2, -0.15) is 15.4 Å². The van der Waals surface area contributed by atoms with Crippen LogP contribution in [-0.2, 0) is 12.0 Å². The molecule has 3 rings (SSSR count). The lowest BCUT2D eigenvalue weighted by molar-refractivity contribution is 0.0174. The van der Waals surface area contributed by atoms with Gasteiger partial charge in [-0.25, -0.2) is 9.97 Å². The first-order valence-corrected chi connectivity index (χ1v) is 7.71. The number of aromatic amines is 1. The van der Waals surface area contributed by atoms with Crippen molar-refractivity contribution in [3.05, 3.63) is 30.0 Å². The molecule has 2 aromatic rings. The van der Waals surface area contributed by atoms with Crippen molar-refractivity contribution >= 4 is 5.82 Å². The number of piperidine rings is 1. The molecule has 1 aliphatic heterocycles. The molecule has 0 spiro atoms. The summed E-state index contributed by atoms with van der Waals surface area (Å²) in [5.74, 6) is 1.42. The fraction of sp³-hybridized carbons (Fsp3) is 0.600. The molecule has 118 valence electrons. The van der Waals surface area contributed by atoms with Gasteiger partial charge >= 0.3 is 0 Å². The highest BCUT2D eigenvalue weighted by molar-refractivity contribution is 5.41. The Morgan fingerprint density at radius 3 is 3.00 bits per heavy atom. The van der Waals surface area contributed by atoms with Crippen LogP contribution in [-0.4, -0.2) is 43.6 Å². The minimum absolute atomic E-state index is 0.470. The molecule has 0 aliphatic carbocycles. The van der Waals surface area contributed by atoms with Crippen molar-refractivity contribution in [2.24, 2.45) is 5.92 Å². The Morgan fingerprint density at radius 2 is 2.27 bits per heavy atom. The molecule has 7 heteroatoms. The molecule has 1 atom stereocenters. The largest absolute Gasteiger partial charge is 0.382 e. The second-order valence-corrected chi connectivity index (χ2v) is 6.38. The van der Waals surface area contributed by atoms with Gasteiger partial charge in [0.05, 0.1) is 12.7 Å². The standard InChI is InChI=1S/C15H22N6O/c1-11(2)6-12-7-14(17-10-16-12)21-5-3-4-15(22,9-21)13-8-18-20-19-13/h7-8,10-11,22H,3-6,9H2,1-2H3,(H,18,19,20). The van der Waals surface area contributed by atoms with Crippen molar-refractivity contribution in [3.8, 4) is 0 Å². The fourth-order valence-corrected chi connectivity index (χ4v) is 2.96. The van der Waals surface area contributed by atoms with E-state index < -0.39 is 5.60 Å². The zero-order chi connectivity index (χ0) is 15.6. The molecule has 1 saturated heterocycles. The molecule has 2 aromatic heterocycles. The van der Waals surface area contributed by atoms with Crippen LogP contribution in [0.25, 0.3) is 0 Å². The zero-order valence-electron chi connectivity index (χ0n) is 13.0. The van der Waals surface area contributed by atoms with Crippen LogP contribution in [0.1, 0.15) is 38.1 Å². The molecule has 1 aliphatic rings. The number of rotatable bonds is 4. The Morgan fingerprint density at radius 1 is 1.41 bits per heavy atom. The molecule has 2 N–H and O–H groups in total. The summed E-state index contributed by atoms with van der Waals surface area (Å²) in [5, 5.41) is 21.3. The van der Waals surface area contributed by atoms with Gasteiger partial charge < -0.3 is 10.0 Å². The molecule has 1 fully saturated rings. The van der Waals surface area contributed by atoms with Crippen LogP contribution >= 0.6 is 0 Å². The third-order valence-electron chi connectivity index (χ3n) is 4.01. The lowest BCUT2D eigenvalue weighted by atomic mass is 9.90. The van der Waals surface area contributed by atoms with Crippen molar-refractivity contribution in [3.63, 3.8) is 0 Å². The molecule has 0 saturated carbocycles. The summed E-state index contributed by atoms with van der Waals surface area (Å²) in [4.78, 5) is 10.8. The Balaban J connectivity index is 1.80. The maximum atomic E-state index is 10.9. The summed E-state index contributed by atoms with van der Waals surface area (Å²) in [6.07, 6.45) is 5.69. The first-order chi connectivity index (χ1) is 10.6. The van der Waals surface area contributed by atoms with Crippen LogP contribution in [0.15, 0.2) is 18.6 Å². The second kappa shape index (κ2) is 6.00. The number of H-pyrrole nitrogens is 1. The second-order valence-electron chi connectivity index (χ2n) is 6.38. The molecule has 22 heavy (non-hydrogen) atoms. The maximum Gasteiger partial charge on any atom is 0.132 e. The lowest BCUT2D eigenvalue weighted by Crippen LogP contribution is -2.46. The monoisotopic (exact) mass is 302 g/mol. The lowest BCUT2D eigenvalue weighted by Gasteiger charge is -2.38. The third kappa shape index (κ3) is 3.09. The molecule has 0 aromatic carbocycles. The highest BCUT2D eigenvalue weighted by atomic mass is 16.3. The summed E-state index contributed by atoms with van der Waals surface area (Å²) in [5.41, 5.74) is 0.651. The van der Waals surface area contributed by atoms with Crippen LogP contribution in [0.3, 0.4) is 0 Å². The van der Waals surface area contributed by atoms with E-state index in [9.17, 15) is 5.11 Å². The third-order valence-corrected chi connectivity index (χ3v) is 4.01. The quantitative estimate of drug-likeness (QED) is 0.884. The van der Waals surface area contributed by atoms with Crippen LogP contribution in [0.4, 0.5) is 5.82 Å². The van der Waals surface area contributed by atoms with Gasteiger partial charge in [0, 0.05) is 18.3 Å². The minimum Gasteiger partial charge on any atom is -0.382 e. The average Bonchev–Trinajstić information content (AvgIpc) is 3.02. The molecular weight excluding hydrogens is 280 g/mol. The van der Waals surface area contributed by atoms with Crippen molar-refractivity contribution in [2.75, 3.05) is 18.0 Å². The molecule has 3 heterocycles. The fourth-order valence-electron chi connectivity index (χ4n) is 2.96. The van der Waals surface area contributed by atoms with Crippen molar-refractivity contribution < 1.29 is 5.11 Å². The van der Waals surface area contributed by atoms with Gasteiger partial charge in [-0.15, -0.1) is 0 Å². The Hall–Kier alpha value is -2.02. The number of β-amino-alcohol motifs (C(OH)–C–C–N with tert-alkyl or cyclic N) is 1. The van der Waals surface area contributed by atoms with Gasteiger partial charge in [0.2, 0.25) is 0 Å². The summed E-state index contributed by atoms with van der Waals surface area (Å²) in [6.45, 7) is 5.69. The van der Waals surface area contributed by atoms with E-state index in [-0.39, 0.29) is 0 Å². The van der Waals surface area contributed by atoms with E-state index in [1.165, 1.54) is 0 Å². The predicted octanol–water partition coefficient (Wildman–Crippen LogP) is 1.28. The zero-order valence-corrected chi connectivity index (χ0v) is 13.0. The topological polar surface area (TPSA) is 90.8 Å². The van der Waals surface area contributed by atoms with E-state index in [4.69, 9.17) is 0 Å². The molecule has 1 unspecified atom stereocenters. The van der Waals surface area contributed by atoms with E-state index in [1.54, 1.807) is 12.5 Å². The highest BCUT2D eigenvalue weighted by Crippen LogP contribution is 2.31. The van der Waals surface area contributed by atoms with Crippen molar-refractivity contribution in [1.29, 1.82) is 0 Å². The first-order valence-electron chi connectivity index (χ1n) is 7.71. The maximum absolute atomic E-state index is 10.9. The molecular formula is C15H22N6O. The van der Waals surface area contributed by atoms with Crippen LogP contribution in [0, 0.1) is 5.92 Å². The summed E-state index contributed by atoms with van der Waals surface area (Å²) < 4.78 is 0. The molecule has 7 nitrogen and oxygen atoms in total. The van der Waals surface area contributed by atoms with E-state index in [0.29, 0.717) is 24.6 Å². The van der Waals surface area contributed by atoms with E-state index in [2.05, 4.69) is 44.1 Å². The normalized spacial score (nSPS) is 22.3. The number of anilines is 1. The van der Waals surface area contributed by atoms with Gasteiger partial charge in [0.25, 0.3) is 0 Å². The van der Waals surface area contributed by atoms with Crippen molar-refractivity contribution in [2.45, 2.75) is 38.7 Å². The predicted molar refractivity (Wildman–Crippen MR) is 82.3 cm³/mol. The number of aromatic nitrogens is 5. The van der Waals surface area contributed by atoms with Crippen LogP contribution in [0.5, 0.6) is 0 Å². The molecule has 0 amide bonds. The number of nitrogens with zero attached hydrogens (tertiary/aromatic N) is 5. The number of hydrogen-bond acceptors (Lipinski definition) is 6. The Bertz CT molecular complexity index is 614. The Labute approximate surface area is 129 Å². The number of aliphatic hydroxyl groups is 1. The van der Waals surface area contributed by atoms with E-state index in [1.807, 2.05) is 6.07 Å². The van der Waals surface area contributed by atoms with Crippen LogP contribution in [0.2, 0.25) is 0 Å². The van der Waals surface area contributed by atoms with E-state index in [0.717, 1.165) is 30.9 Å². The van der Waals surface area contributed by atoms with Gasteiger partial charge in [-0.1, -0.05) is 13.8 Å².